The Morgan fingerprint density at radius 3 is 2.72 bits per heavy atom. The Morgan fingerprint density at radius 2 is 2.11 bits per heavy atom. The molecule has 0 aromatic heterocycles. The normalized spacial score (nSPS) is 27.4. The zero-order valence-electron chi connectivity index (χ0n) is 11.1. The highest BCUT2D eigenvalue weighted by Gasteiger charge is 2.39. The molecule has 2 heterocycles. The molecule has 2 saturated heterocycles. The van der Waals surface area contributed by atoms with Crippen molar-refractivity contribution in [1.82, 2.24) is 16.0 Å². The highest BCUT2D eigenvalue weighted by Crippen LogP contribution is 2.32. The molecule has 5 nitrogen and oxygen atoms in total. The lowest BCUT2D eigenvalue weighted by Gasteiger charge is -2.37. The highest BCUT2D eigenvalue weighted by atomic mass is 16.2. The molecular weight excluding hydrogens is 230 g/mol. The number of carbonyl (C=O) groups is 2. The summed E-state index contributed by atoms with van der Waals surface area (Å²) < 4.78 is 0. The number of hydrogen-bond donors (Lipinski definition) is 3. The fourth-order valence-corrected chi connectivity index (χ4v) is 2.87. The fraction of sp³-hybridized carbons (Fsp3) is 0.846. The summed E-state index contributed by atoms with van der Waals surface area (Å²) in [6.45, 7) is 4.57. The summed E-state index contributed by atoms with van der Waals surface area (Å²) in [6, 6.07) is -0.329. The predicted molar refractivity (Wildman–Crippen MR) is 69.0 cm³/mol. The molecular formula is C13H23N3O2. The molecule has 2 fully saturated rings. The Hall–Kier alpha value is -1.10. The quantitative estimate of drug-likeness (QED) is 0.671. The van der Waals surface area contributed by atoms with Crippen LogP contribution in [0.3, 0.4) is 0 Å². The van der Waals surface area contributed by atoms with E-state index in [2.05, 4.69) is 22.9 Å². The molecule has 0 aliphatic carbocycles. The van der Waals surface area contributed by atoms with Gasteiger partial charge in [-0.25, -0.2) is 0 Å². The third-order valence-electron chi connectivity index (χ3n) is 4.31. The van der Waals surface area contributed by atoms with Gasteiger partial charge in [-0.3, -0.25) is 9.59 Å². The van der Waals surface area contributed by atoms with Crippen molar-refractivity contribution in [2.75, 3.05) is 19.6 Å². The van der Waals surface area contributed by atoms with Gasteiger partial charge < -0.3 is 16.0 Å². The van der Waals surface area contributed by atoms with Crippen LogP contribution in [-0.2, 0) is 9.59 Å². The van der Waals surface area contributed by atoms with Gasteiger partial charge in [0.15, 0.2) is 0 Å². The van der Waals surface area contributed by atoms with Crippen LogP contribution in [0.15, 0.2) is 0 Å². The molecule has 0 aromatic carbocycles. The summed E-state index contributed by atoms with van der Waals surface area (Å²) in [5.74, 6) is 0.0309. The van der Waals surface area contributed by atoms with Crippen LogP contribution in [0.4, 0.5) is 0 Å². The molecule has 0 aromatic rings. The van der Waals surface area contributed by atoms with Gasteiger partial charge in [0.25, 0.3) is 0 Å². The first-order valence-electron chi connectivity index (χ1n) is 6.97. The van der Waals surface area contributed by atoms with E-state index in [0.29, 0.717) is 0 Å². The minimum atomic E-state index is -0.329. The molecule has 0 spiro atoms. The zero-order chi connectivity index (χ0) is 13.0. The van der Waals surface area contributed by atoms with Crippen molar-refractivity contribution < 1.29 is 9.59 Å². The largest absolute Gasteiger partial charge is 0.354 e. The lowest BCUT2D eigenvalue weighted by atomic mass is 9.75. The standard InChI is InChI=1S/C13H23N3O2/c1-2-13(5-8-14-9-6-13)12(18)16-10-4-3-7-15-11(10)17/h10,14H,2-9H2,1H3,(H,15,17)(H,16,18). The summed E-state index contributed by atoms with van der Waals surface area (Å²) in [7, 11) is 0. The maximum atomic E-state index is 12.4. The van der Waals surface area contributed by atoms with Crippen LogP contribution >= 0.6 is 0 Å². The number of hydrogen-bond acceptors (Lipinski definition) is 3. The van der Waals surface area contributed by atoms with Crippen LogP contribution in [0.1, 0.15) is 39.0 Å². The van der Waals surface area contributed by atoms with Crippen LogP contribution < -0.4 is 16.0 Å². The molecule has 0 radical (unpaired) electrons. The third-order valence-corrected chi connectivity index (χ3v) is 4.31. The van der Waals surface area contributed by atoms with Crippen molar-refractivity contribution in [2.45, 2.75) is 45.1 Å². The summed E-state index contributed by atoms with van der Waals surface area (Å²) in [5.41, 5.74) is -0.275. The molecule has 2 rings (SSSR count). The summed E-state index contributed by atoms with van der Waals surface area (Å²) >= 11 is 0. The molecule has 18 heavy (non-hydrogen) atoms. The third kappa shape index (κ3) is 2.66. The van der Waals surface area contributed by atoms with Crippen LogP contribution in [-0.4, -0.2) is 37.5 Å². The van der Waals surface area contributed by atoms with Crippen molar-refractivity contribution >= 4 is 11.8 Å². The van der Waals surface area contributed by atoms with Gasteiger partial charge in [-0.15, -0.1) is 0 Å². The molecule has 2 aliphatic rings. The molecule has 102 valence electrons. The lowest BCUT2D eigenvalue weighted by Crippen LogP contribution is -2.55. The van der Waals surface area contributed by atoms with Gasteiger partial charge in [-0.05, 0) is 45.2 Å². The topological polar surface area (TPSA) is 70.2 Å². The first-order valence-corrected chi connectivity index (χ1v) is 6.97. The van der Waals surface area contributed by atoms with Gasteiger partial charge in [-0.1, -0.05) is 6.92 Å². The van der Waals surface area contributed by atoms with E-state index in [4.69, 9.17) is 0 Å². The average Bonchev–Trinajstić information content (AvgIpc) is 2.42. The average molecular weight is 253 g/mol. The minimum Gasteiger partial charge on any atom is -0.354 e. The predicted octanol–water partition coefficient (Wildman–Crippen LogP) is 0.161. The number of rotatable bonds is 3. The van der Waals surface area contributed by atoms with Gasteiger partial charge in [0, 0.05) is 6.54 Å². The molecule has 1 atom stereocenters. The van der Waals surface area contributed by atoms with E-state index >= 15 is 0 Å². The second kappa shape index (κ2) is 5.69. The number of amides is 2. The maximum Gasteiger partial charge on any atom is 0.242 e. The van der Waals surface area contributed by atoms with Gasteiger partial charge in [0.05, 0.1) is 5.41 Å². The van der Waals surface area contributed by atoms with E-state index in [-0.39, 0.29) is 23.3 Å². The van der Waals surface area contributed by atoms with Crippen molar-refractivity contribution in [2.24, 2.45) is 5.41 Å². The molecule has 3 N–H and O–H groups in total. The molecule has 5 heteroatoms. The van der Waals surface area contributed by atoms with Crippen molar-refractivity contribution in [3.8, 4) is 0 Å². The minimum absolute atomic E-state index is 0.0326. The Kier molecular flexibility index (Phi) is 4.22. The second-order valence-electron chi connectivity index (χ2n) is 5.34. The number of piperidine rings is 2. The van der Waals surface area contributed by atoms with Gasteiger partial charge in [0.1, 0.15) is 6.04 Å². The van der Waals surface area contributed by atoms with Gasteiger partial charge in [0.2, 0.25) is 11.8 Å². The fourth-order valence-electron chi connectivity index (χ4n) is 2.87. The molecule has 2 aliphatic heterocycles. The summed E-state index contributed by atoms with van der Waals surface area (Å²) in [5, 5.41) is 9.04. The first kappa shape index (κ1) is 13.3. The molecule has 1 unspecified atom stereocenters. The number of nitrogens with one attached hydrogen (secondary N) is 3. The Morgan fingerprint density at radius 1 is 1.39 bits per heavy atom. The van der Waals surface area contributed by atoms with E-state index in [1.807, 2.05) is 0 Å². The van der Waals surface area contributed by atoms with E-state index in [1.165, 1.54) is 0 Å². The van der Waals surface area contributed by atoms with E-state index in [1.54, 1.807) is 0 Å². The van der Waals surface area contributed by atoms with Crippen molar-refractivity contribution in [3.63, 3.8) is 0 Å². The van der Waals surface area contributed by atoms with Crippen LogP contribution in [0.5, 0.6) is 0 Å². The van der Waals surface area contributed by atoms with E-state index in [9.17, 15) is 9.59 Å². The second-order valence-corrected chi connectivity index (χ2v) is 5.34. The Bertz CT molecular complexity index is 324. The highest BCUT2D eigenvalue weighted by molar-refractivity contribution is 5.90. The Labute approximate surface area is 108 Å². The smallest absolute Gasteiger partial charge is 0.242 e. The summed E-state index contributed by atoms with van der Waals surface area (Å²) in [4.78, 5) is 24.1. The molecule has 2 amide bonds. The SMILES string of the molecule is CCC1(C(=O)NC2CCCNC2=O)CCNCC1. The molecule has 0 bridgehead atoms. The van der Waals surface area contributed by atoms with Crippen molar-refractivity contribution in [1.29, 1.82) is 0 Å². The lowest BCUT2D eigenvalue weighted by molar-refractivity contribution is -0.137. The van der Waals surface area contributed by atoms with Crippen LogP contribution in [0.2, 0.25) is 0 Å². The summed E-state index contributed by atoms with van der Waals surface area (Å²) in [6.07, 6.45) is 4.27. The zero-order valence-corrected chi connectivity index (χ0v) is 11.1. The van der Waals surface area contributed by atoms with Crippen LogP contribution in [0.25, 0.3) is 0 Å². The maximum absolute atomic E-state index is 12.4. The number of carbonyl (C=O) groups excluding carboxylic acids is 2. The van der Waals surface area contributed by atoms with E-state index in [0.717, 1.165) is 51.7 Å². The monoisotopic (exact) mass is 253 g/mol. The van der Waals surface area contributed by atoms with Gasteiger partial charge >= 0.3 is 0 Å². The van der Waals surface area contributed by atoms with Gasteiger partial charge in [-0.2, -0.15) is 0 Å². The van der Waals surface area contributed by atoms with Crippen LogP contribution in [0, 0.1) is 5.41 Å². The Balaban J connectivity index is 1.98. The van der Waals surface area contributed by atoms with E-state index < -0.39 is 0 Å². The first-order chi connectivity index (χ1) is 8.68. The molecule has 0 saturated carbocycles. The van der Waals surface area contributed by atoms with Crippen molar-refractivity contribution in [3.05, 3.63) is 0 Å².